The summed E-state index contributed by atoms with van der Waals surface area (Å²) in [7, 11) is 0. The van der Waals surface area contributed by atoms with Gasteiger partial charge in [-0.05, 0) is 44.1 Å². The van der Waals surface area contributed by atoms with Crippen LogP contribution in [0.2, 0.25) is 0 Å². The highest BCUT2D eigenvalue weighted by Crippen LogP contribution is 2.65. The van der Waals surface area contributed by atoms with E-state index < -0.39 is 35.1 Å². The van der Waals surface area contributed by atoms with Crippen LogP contribution in [0.4, 0.5) is 0 Å². The summed E-state index contributed by atoms with van der Waals surface area (Å²) in [6.45, 7) is 18.8. The molecule has 8 heteroatoms. The van der Waals surface area contributed by atoms with Crippen LogP contribution in [0.3, 0.4) is 0 Å². The molecule has 3 saturated heterocycles. The number of carbonyl (C=O) groups is 3. The van der Waals surface area contributed by atoms with Crippen LogP contribution in [0, 0.1) is 17.8 Å². The van der Waals surface area contributed by atoms with Gasteiger partial charge in [0.25, 0.3) is 0 Å². The predicted molar refractivity (Wildman–Crippen MR) is 172 cm³/mol. The molecule has 3 aliphatic heterocycles. The van der Waals surface area contributed by atoms with Crippen LogP contribution in [-0.4, -0.2) is 86.6 Å². The molecule has 8 nitrogen and oxygen atoms in total. The zero-order chi connectivity index (χ0) is 32.2. The average Bonchev–Trinajstić information content (AvgIpc) is 3.63. The maximum Gasteiger partial charge on any atom is 0.248 e. The van der Waals surface area contributed by atoms with Gasteiger partial charge in [-0.1, -0.05) is 83.0 Å². The Hall–Kier alpha value is -2.97. The molecule has 3 heterocycles. The van der Waals surface area contributed by atoms with E-state index in [0.29, 0.717) is 38.9 Å². The molecule has 0 radical (unpaired) electrons. The maximum absolute atomic E-state index is 14.8. The van der Waals surface area contributed by atoms with Gasteiger partial charge in [0.15, 0.2) is 0 Å². The van der Waals surface area contributed by atoms with E-state index in [9.17, 15) is 19.5 Å². The molecule has 0 aliphatic carbocycles. The Labute approximate surface area is 264 Å². The lowest BCUT2D eigenvalue weighted by atomic mass is 9.64. The Kier molecular flexibility index (Phi) is 10.8. The van der Waals surface area contributed by atoms with Gasteiger partial charge in [-0.25, -0.2) is 0 Å². The lowest BCUT2D eigenvalue weighted by molar-refractivity contribution is -0.160. The molecule has 3 amide bonds. The van der Waals surface area contributed by atoms with E-state index in [1.165, 1.54) is 0 Å². The van der Waals surface area contributed by atoms with E-state index in [4.69, 9.17) is 4.74 Å². The minimum absolute atomic E-state index is 0.0581. The van der Waals surface area contributed by atoms with Crippen molar-refractivity contribution in [2.24, 2.45) is 17.8 Å². The number of hydrogen-bond donors (Lipinski definition) is 1. The molecule has 1 aromatic carbocycles. The molecule has 242 valence electrons. The van der Waals surface area contributed by atoms with Crippen molar-refractivity contribution in [3.05, 3.63) is 61.2 Å². The average molecular weight is 608 g/mol. The van der Waals surface area contributed by atoms with Crippen molar-refractivity contribution in [3.63, 3.8) is 0 Å². The van der Waals surface area contributed by atoms with Gasteiger partial charge in [0.2, 0.25) is 17.7 Å². The van der Waals surface area contributed by atoms with Crippen molar-refractivity contribution >= 4 is 17.7 Å². The van der Waals surface area contributed by atoms with Crippen LogP contribution in [0.15, 0.2) is 55.6 Å². The van der Waals surface area contributed by atoms with Crippen molar-refractivity contribution in [3.8, 4) is 0 Å². The first-order chi connectivity index (χ1) is 21.1. The fraction of sp³-hybridized carbons (Fsp3) is 0.639. The summed E-state index contributed by atoms with van der Waals surface area (Å²) in [6.07, 6.45) is 7.53. The normalized spacial score (nSPS) is 29.2. The summed E-state index contributed by atoms with van der Waals surface area (Å²) < 4.78 is 7.05. The number of rotatable bonds is 16. The van der Waals surface area contributed by atoms with Crippen molar-refractivity contribution in [1.82, 2.24) is 14.7 Å². The molecule has 44 heavy (non-hydrogen) atoms. The molecule has 0 saturated carbocycles. The zero-order valence-electron chi connectivity index (χ0n) is 27.4. The lowest BCUT2D eigenvalue weighted by Crippen LogP contribution is -2.61. The largest absolute Gasteiger partial charge is 0.394 e. The van der Waals surface area contributed by atoms with Gasteiger partial charge in [-0.3, -0.25) is 14.4 Å². The van der Waals surface area contributed by atoms with Gasteiger partial charge in [-0.15, -0.1) is 13.2 Å². The molecule has 1 spiro atoms. The minimum atomic E-state index is -1.15. The SMILES string of the molecule is C=CCN(Cc1ccccc1)C(=O)[C@@H]1[C@H]2C(=O)N([C@@H](CO)[C@@H](C)CC)C(C(=O)N(CC=C)C(C)CCC)C23CC[C@@]1(CC)O3. The van der Waals surface area contributed by atoms with E-state index in [2.05, 4.69) is 20.1 Å². The monoisotopic (exact) mass is 607 g/mol. The van der Waals surface area contributed by atoms with Gasteiger partial charge in [-0.2, -0.15) is 0 Å². The Balaban J connectivity index is 1.85. The number of likely N-dealkylation sites (tertiary alicyclic amines) is 1. The Morgan fingerprint density at radius 1 is 1.09 bits per heavy atom. The Bertz CT molecular complexity index is 1210. The molecular weight excluding hydrogens is 554 g/mol. The van der Waals surface area contributed by atoms with Gasteiger partial charge in [0.05, 0.1) is 30.1 Å². The minimum Gasteiger partial charge on any atom is -0.394 e. The Morgan fingerprint density at radius 3 is 2.34 bits per heavy atom. The third-order valence-corrected chi connectivity index (χ3v) is 10.7. The fourth-order valence-electron chi connectivity index (χ4n) is 8.23. The summed E-state index contributed by atoms with van der Waals surface area (Å²) in [5.74, 6) is -2.19. The van der Waals surface area contributed by atoms with Gasteiger partial charge in [0.1, 0.15) is 11.6 Å². The first-order valence-electron chi connectivity index (χ1n) is 16.6. The van der Waals surface area contributed by atoms with Crippen LogP contribution in [0.5, 0.6) is 0 Å². The van der Waals surface area contributed by atoms with E-state index in [1.807, 2.05) is 62.9 Å². The number of hydrogen-bond acceptors (Lipinski definition) is 5. The number of nitrogens with zero attached hydrogens (tertiary/aromatic N) is 3. The first-order valence-corrected chi connectivity index (χ1v) is 16.6. The highest BCUT2D eigenvalue weighted by atomic mass is 16.5. The van der Waals surface area contributed by atoms with Crippen LogP contribution in [0.1, 0.15) is 78.7 Å². The van der Waals surface area contributed by atoms with Crippen molar-refractivity contribution in [2.45, 2.75) is 109 Å². The number of aliphatic hydroxyl groups is 1. The van der Waals surface area contributed by atoms with Crippen LogP contribution in [0.25, 0.3) is 0 Å². The quantitative estimate of drug-likeness (QED) is 0.268. The zero-order valence-corrected chi connectivity index (χ0v) is 27.4. The smallest absolute Gasteiger partial charge is 0.248 e. The second kappa shape index (κ2) is 14.0. The summed E-state index contributed by atoms with van der Waals surface area (Å²) in [4.78, 5) is 49.6. The maximum atomic E-state index is 14.8. The number of benzene rings is 1. The molecule has 2 bridgehead atoms. The molecule has 0 aromatic heterocycles. The fourth-order valence-corrected chi connectivity index (χ4v) is 8.23. The van der Waals surface area contributed by atoms with E-state index in [0.717, 1.165) is 24.8 Å². The molecular formula is C36H53N3O5. The highest BCUT2D eigenvalue weighted by molar-refractivity contribution is 5.99. The van der Waals surface area contributed by atoms with E-state index in [1.54, 1.807) is 22.0 Å². The highest BCUT2D eigenvalue weighted by Gasteiger charge is 2.79. The third kappa shape index (κ3) is 5.64. The van der Waals surface area contributed by atoms with Crippen molar-refractivity contribution in [2.75, 3.05) is 19.7 Å². The molecule has 8 atom stereocenters. The second-order valence-electron chi connectivity index (χ2n) is 13.1. The van der Waals surface area contributed by atoms with Gasteiger partial charge >= 0.3 is 0 Å². The van der Waals surface area contributed by atoms with E-state index in [-0.39, 0.29) is 36.3 Å². The third-order valence-electron chi connectivity index (χ3n) is 10.7. The topological polar surface area (TPSA) is 90.4 Å². The predicted octanol–water partition coefficient (Wildman–Crippen LogP) is 4.97. The summed E-state index contributed by atoms with van der Waals surface area (Å²) >= 11 is 0. The van der Waals surface area contributed by atoms with Crippen LogP contribution in [-0.2, 0) is 25.7 Å². The molecule has 3 fully saturated rings. The summed E-state index contributed by atoms with van der Waals surface area (Å²) in [6, 6.07) is 8.23. The van der Waals surface area contributed by atoms with E-state index >= 15 is 0 Å². The summed E-state index contributed by atoms with van der Waals surface area (Å²) in [5.41, 5.74) is -1.01. The van der Waals surface area contributed by atoms with Crippen LogP contribution < -0.4 is 0 Å². The van der Waals surface area contributed by atoms with Crippen LogP contribution >= 0.6 is 0 Å². The Morgan fingerprint density at radius 2 is 1.77 bits per heavy atom. The number of fused-ring (bicyclic) bond motifs is 1. The molecule has 3 unspecified atom stereocenters. The van der Waals surface area contributed by atoms with Gasteiger partial charge < -0.3 is 24.5 Å². The molecule has 1 aromatic rings. The van der Waals surface area contributed by atoms with Crippen molar-refractivity contribution in [1.29, 1.82) is 0 Å². The molecule has 3 aliphatic rings. The number of aliphatic hydroxyl groups excluding tert-OH is 1. The number of carbonyl (C=O) groups excluding carboxylic acids is 3. The standard InChI is InChI=1S/C36H53N3O5/c1-8-16-26(7)38(22-10-3)34(43)31-36-20-19-35(12-5,44-36)29(30(36)33(42)39(31)28(24-40)25(6)11-4)32(41)37(21-9-2)23-27-17-14-13-15-18-27/h9-10,13-15,17-18,25-26,28-31,40H,2-3,8,11-12,16,19-24H2,1,4-7H3/t25-,26?,28-,29-,30-,31?,35+,36?/m0/s1. The first kappa shape index (κ1) is 33.9. The number of ether oxygens (including phenoxy) is 1. The second-order valence-corrected chi connectivity index (χ2v) is 13.1. The lowest BCUT2D eigenvalue weighted by Gasteiger charge is -2.42. The molecule has 4 rings (SSSR count). The number of amides is 3. The summed E-state index contributed by atoms with van der Waals surface area (Å²) in [5, 5.41) is 10.7. The van der Waals surface area contributed by atoms with Gasteiger partial charge in [0, 0.05) is 25.7 Å². The van der Waals surface area contributed by atoms with Crippen molar-refractivity contribution < 1.29 is 24.2 Å². The molecule has 1 N–H and O–H groups in total.